The first-order chi connectivity index (χ1) is 13.1. The van der Waals surface area contributed by atoms with Gasteiger partial charge in [-0.3, -0.25) is 4.79 Å². The Labute approximate surface area is 158 Å². The van der Waals surface area contributed by atoms with Crippen molar-refractivity contribution in [3.8, 4) is 0 Å². The molecule has 1 aromatic carbocycles. The first-order valence-electron chi connectivity index (χ1n) is 8.19. The zero-order chi connectivity index (χ0) is 20.6. The summed E-state index contributed by atoms with van der Waals surface area (Å²) in [6.07, 6.45) is 0. The highest BCUT2D eigenvalue weighted by molar-refractivity contribution is 7.89. The predicted molar refractivity (Wildman–Crippen MR) is 91.5 cm³/mol. The zero-order valence-electron chi connectivity index (χ0n) is 14.6. The van der Waals surface area contributed by atoms with Crippen LogP contribution in [0.1, 0.15) is 17.3 Å². The van der Waals surface area contributed by atoms with Gasteiger partial charge in [-0.05, 0) is 19.1 Å². The van der Waals surface area contributed by atoms with Gasteiger partial charge in [0.25, 0.3) is 11.9 Å². The van der Waals surface area contributed by atoms with Crippen LogP contribution < -0.4 is 4.90 Å². The molecule has 0 bridgehead atoms. The number of anilines is 1. The number of aromatic nitrogens is 1. The van der Waals surface area contributed by atoms with Crippen molar-refractivity contribution in [2.45, 2.75) is 11.8 Å². The van der Waals surface area contributed by atoms with E-state index in [0.717, 1.165) is 9.21 Å². The van der Waals surface area contributed by atoms with Gasteiger partial charge in [-0.1, -0.05) is 12.1 Å². The van der Waals surface area contributed by atoms with Gasteiger partial charge in [0.1, 0.15) is 5.69 Å². The molecule has 3 rings (SSSR count). The van der Waals surface area contributed by atoms with Gasteiger partial charge in [-0.15, -0.1) is 0 Å². The van der Waals surface area contributed by atoms with Gasteiger partial charge in [0.05, 0.1) is 4.90 Å². The summed E-state index contributed by atoms with van der Waals surface area (Å²) >= 11 is 0. The standard InChI is InChI=1S/C17H15F4N3O3S/c1-10(25)11-2-4-12(5-3-11)28(26,27)24-8-6-23(7-9-24)15-13(18)16(20)22-17(21)14(15)19/h2-5H,6-9H2,1H3. The van der Waals surface area contributed by atoms with Crippen LogP contribution in [-0.4, -0.2) is 49.7 Å². The molecule has 11 heteroatoms. The highest BCUT2D eigenvalue weighted by Gasteiger charge is 2.32. The quantitative estimate of drug-likeness (QED) is 0.434. The Morgan fingerprint density at radius 3 is 1.89 bits per heavy atom. The van der Waals surface area contributed by atoms with Crippen LogP contribution in [0.3, 0.4) is 0 Å². The number of Topliss-reactive ketones (excluding diaryl/α,β-unsaturated/α-hetero) is 1. The zero-order valence-corrected chi connectivity index (χ0v) is 15.4. The van der Waals surface area contributed by atoms with E-state index < -0.39 is 39.2 Å². The Morgan fingerprint density at radius 2 is 1.43 bits per heavy atom. The van der Waals surface area contributed by atoms with Crippen LogP contribution >= 0.6 is 0 Å². The van der Waals surface area contributed by atoms with E-state index in [9.17, 15) is 30.8 Å². The predicted octanol–water partition coefficient (Wildman–Crippen LogP) is 2.35. The lowest BCUT2D eigenvalue weighted by Gasteiger charge is -2.35. The molecular weight excluding hydrogens is 402 g/mol. The summed E-state index contributed by atoms with van der Waals surface area (Å²) in [4.78, 5) is 14.8. The van der Waals surface area contributed by atoms with Crippen LogP contribution in [0, 0.1) is 23.5 Å². The van der Waals surface area contributed by atoms with E-state index in [1.807, 2.05) is 0 Å². The van der Waals surface area contributed by atoms with Crippen molar-refractivity contribution in [2.75, 3.05) is 31.1 Å². The molecule has 150 valence electrons. The molecule has 0 unspecified atom stereocenters. The van der Waals surface area contributed by atoms with Gasteiger partial charge >= 0.3 is 0 Å². The van der Waals surface area contributed by atoms with Gasteiger partial charge in [0.2, 0.25) is 21.7 Å². The molecule has 1 fully saturated rings. The van der Waals surface area contributed by atoms with Gasteiger partial charge in [-0.25, -0.2) is 8.42 Å². The fourth-order valence-electron chi connectivity index (χ4n) is 2.92. The second-order valence-corrected chi connectivity index (χ2v) is 8.08. The van der Waals surface area contributed by atoms with Crippen LogP contribution in [0.5, 0.6) is 0 Å². The summed E-state index contributed by atoms with van der Waals surface area (Å²) < 4.78 is 80.9. The largest absolute Gasteiger partial charge is 0.364 e. The summed E-state index contributed by atoms with van der Waals surface area (Å²) in [6.45, 7) is 0.692. The van der Waals surface area contributed by atoms with Crippen LogP contribution in [0.2, 0.25) is 0 Å². The number of benzene rings is 1. The molecule has 0 saturated carbocycles. The Bertz CT molecular complexity index is 995. The SMILES string of the molecule is CC(=O)c1ccc(S(=O)(=O)N2CCN(c3c(F)c(F)nc(F)c3F)CC2)cc1. The number of piperazine rings is 1. The van der Waals surface area contributed by atoms with Crippen molar-refractivity contribution < 1.29 is 30.8 Å². The van der Waals surface area contributed by atoms with Crippen LogP contribution in [0.15, 0.2) is 29.2 Å². The van der Waals surface area contributed by atoms with Crippen LogP contribution in [-0.2, 0) is 10.0 Å². The van der Waals surface area contributed by atoms with Crippen molar-refractivity contribution in [3.63, 3.8) is 0 Å². The minimum atomic E-state index is -3.90. The van der Waals surface area contributed by atoms with Crippen LogP contribution in [0.4, 0.5) is 23.2 Å². The molecule has 1 aliphatic rings. The molecule has 0 N–H and O–H groups in total. The van der Waals surface area contributed by atoms with Crippen molar-refractivity contribution in [2.24, 2.45) is 0 Å². The normalized spacial score (nSPS) is 15.7. The minimum absolute atomic E-state index is 0.0377. The van der Waals surface area contributed by atoms with Gasteiger partial charge < -0.3 is 4.90 Å². The summed E-state index contributed by atoms with van der Waals surface area (Å²) in [5.41, 5.74) is -0.552. The third-order valence-corrected chi connectivity index (χ3v) is 6.34. The first-order valence-corrected chi connectivity index (χ1v) is 9.63. The average Bonchev–Trinajstić information content (AvgIpc) is 2.67. The number of hydrogen-bond acceptors (Lipinski definition) is 5. The lowest BCUT2D eigenvalue weighted by molar-refractivity contribution is 0.101. The average molecular weight is 417 g/mol. The van der Waals surface area contributed by atoms with Crippen molar-refractivity contribution in [3.05, 3.63) is 53.4 Å². The number of hydrogen-bond donors (Lipinski definition) is 0. The lowest BCUT2D eigenvalue weighted by atomic mass is 10.2. The number of pyridine rings is 1. The Morgan fingerprint density at radius 1 is 0.929 bits per heavy atom. The molecule has 2 heterocycles. The number of nitrogens with zero attached hydrogens (tertiary/aromatic N) is 3. The maximum absolute atomic E-state index is 13.9. The fourth-order valence-corrected chi connectivity index (χ4v) is 4.34. The molecule has 0 aliphatic carbocycles. The first kappa shape index (κ1) is 20.2. The second kappa shape index (κ2) is 7.47. The number of carbonyl (C=O) groups excluding carboxylic acids is 1. The third kappa shape index (κ3) is 3.59. The van der Waals surface area contributed by atoms with Crippen molar-refractivity contribution in [1.82, 2.24) is 9.29 Å². The Balaban J connectivity index is 1.79. The van der Waals surface area contributed by atoms with E-state index in [-0.39, 0.29) is 36.9 Å². The van der Waals surface area contributed by atoms with Crippen molar-refractivity contribution in [1.29, 1.82) is 0 Å². The third-order valence-electron chi connectivity index (χ3n) is 4.43. The second-order valence-electron chi connectivity index (χ2n) is 6.14. The summed E-state index contributed by atoms with van der Waals surface area (Å²) in [7, 11) is -3.90. The smallest absolute Gasteiger partial charge is 0.253 e. The van der Waals surface area contributed by atoms with E-state index in [1.165, 1.54) is 31.2 Å². The molecule has 6 nitrogen and oxygen atoms in total. The van der Waals surface area contributed by atoms with E-state index >= 15 is 0 Å². The molecule has 1 aliphatic heterocycles. The van der Waals surface area contributed by atoms with Crippen LogP contribution in [0.25, 0.3) is 0 Å². The molecule has 0 spiro atoms. The summed E-state index contributed by atoms with van der Waals surface area (Å²) in [5.74, 6) is -7.01. The summed E-state index contributed by atoms with van der Waals surface area (Å²) in [6, 6.07) is 5.37. The fraction of sp³-hybridized carbons (Fsp3) is 0.294. The molecular formula is C17H15F4N3O3S. The number of ketones is 1. The Kier molecular flexibility index (Phi) is 5.39. The van der Waals surface area contributed by atoms with Gasteiger partial charge in [0.15, 0.2) is 5.78 Å². The molecule has 0 radical (unpaired) electrons. The molecule has 28 heavy (non-hydrogen) atoms. The highest BCUT2D eigenvalue weighted by Crippen LogP contribution is 2.28. The number of halogens is 4. The van der Waals surface area contributed by atoms with E-state index in [1.54, 1.807) is 0 Å². The lowest BCUT2D eigenvalue weighted by Crippen LogP contribution is -2.49. The highest BCUT2D eigenvalue weighted by atomic mass is 32.2. The van der Waals surface area contributed by atoms with Crippen molar-refractivity contribution >= 4 is 21.5 Å². The maximum atomic E-state index is 13.9. The molecule has 0 atom stereocenters. The number of sulfonamides is 1. The van der Waals surface area contributed by atoms with E-state index in [4.69, 9.17) is 0 Å². The minimum Gasteiger partial charge on any atom is -0.364 e. The summed E-state index contributed by atoms with van der Waals surface area (Å²) in [5, 5.41) is 0. The van der Waals surface area contributed by atoms with E-state index in [0.29, 0.717) is 5.56 Å². The monoisotopic (exact) mass is 417 g/mol. The topological polar surface area (TPSA) is 70.6 Å². The molecule has 2 aromatic rings. The number of rotatable bonds is 4. The van der Waals surface area contributed by atoms with Gasteiger partial charge in [0, 0.05) is 31.7 Å². The molecule has 1 aromatic heterocycles. The molecule has 0 amide bonds. The van der Waals surface area contributed by atoms with E-state index in [2.05, 4.69) is 4.98 Å². The number of carbonyl (C=O) groups is 1. The van der Waals surface area contributed by atoms with Gasteiger partial charge in [-0.2, -0.15) is 26.9 Å². The Hall–Kier alpha value is -2.53. The molecule has 1 saturated heterocycles. The maximum Gasteiger partial charge on any atom is 0.253 e.